The molecule has 0 heterocycles. The summed E-state index contributed by atoms with van der Waals surface area (Å²) in [5.74, 6) is 1.02. The molecule has 0 saturated heterocycles. The fourth-order valence-corrected chi connectivity index (χ4v) is 2.71. The van der Waals surface area contributed by atoms with Crippen LogP contribution in [0.1, 0.15) is 76.6 Å². The van der Waals surface area contributed by atoms with E-state index in [9.17, 15) is 4.79 Å². The molecule has 0 amide bonds. The van der Waals surface area contributed by atoms with Gasteiger partial charge >= 0.3 is 0 Å². The van der Waals surface area contributed by atoms with Gasteiger partial charge in [0.15, 0.2) is 5.78 Å². The molecular weight excluding hydrogens is 320 g/mol. The van der Waals surface area contributed by atoms with Crippen LogP contribution in [0.2, 0.25) is 0 Å². The maximum absolute atomic E-state index is 11.3. The van der Waals surface area contributed by atoms with E-state index in [4.69, 9.17) is 4.74 Å². The Hall–Kier alpha value is -2.09. The molecule has 0 N–H and O–H groups in total. The molecule has 0 aliphatic carbocycles. The lowest BCUT2D eigenvalue weighted by atomic mass is 10.0. The predicted molar refractivity (Wildman–Crippen MR) is 112 cm³/mol. The normalized spacial score (nSPS) is 10.0. The van der Waals surface area contributed by atoms with Crippen LogP contribution >= 0.6 is 0 Å². The largest absolute Gasteiger partial charge is 0.494 e. The first kappa shape index (κ1) is 22.0. The zero-order valence-electron chi connectivity index (χ0n) is 16.9. The van der Waals surface area contributed by atoms with Crippen LogP contribution < -0.4 is 4.74 Å². The summed E-state index contributed by atoms with van der Waals surface area (Å²) in [5.41, 5.74) is 3.00. The Labute approximate surface area is 159 Å². The number of hydrogen-bond donors (Lipinski definition) is 0. The van der Waals surface area contributed by atoms with Crippen molar-refractivity contribution >= 4 is 5.78 Å². The second-order valence-corrected chi connectivity index (χ2v) is 6.27. The zero-order valence-corrected chi connectivity index (χ0v) is 16.9. The number of rotatable bonds is 10. The zero-order chi connectivity index (χ0) is 19.2. The van der Waals surface area contributed by atoms with Gasteiger partial charge in [0.1, 0.15) is 5.75 Å². The van der Waals surface area contributed by atoms with E-state index in [2.05, 4.69) is 19.1 Å². The molecule has 0 aliphatic heterocycles. The molecule has 26 heavy (non-hydrogen) atoms. The molecule has 0 bridgehead atoms. The van der Waals surface area contributed by atoms with E-state index in [0.717, 1.165) is 35.5 Å². The van der Waals surface area contributed by atoms with Crippen molar-refractivity contribution in [1.82, 2.24) is 0 Å². The average Bonchev–Trinajstić information content (AvgIpc) is 2.69. The van der Waals surface area contributed by atoms with Gasteiger partial charge in [-0.1, -0.05) is 89.3 Å². The van der Waals surface area contributed by atoms with Gasteiger partial charge in [-0.05, 0) is 36.6 Å². The van der Waals surface area contributed by atoms with Crippen LogP contribution in [0.15, 0.2) is 48.5 Å². The Morgan fingerprint density at radius 2 is 1.27 bits per heavy atom. The molecule has 2 heteroatoms. The highest BCUT2D eigenvalue weighted by atomic mass is 16.5. The fraction of sp³-hybridized carbons (Fsp3) is 0.458. The molecule has 0 radical (unpaired) electrons. The number of unbranched alkanes of at least 4 members (excludes halogenated alkanes) is 5. The van der Waals surface area contributed by atoms with Crippen LogP contribution in [0, 0.1) is 0 Å². The van der Waals surface area contributed by atoms with Crippen LogP contribution in [0.3, 0.4) is 0 Å². The summed E-state index contributed by atoms with van der Waals surface area (Å²) in [6.45, 7) is 8.62. The van der Waals surface area contributed by atoms with Gasteiger partial charge in [-0.25, -0.2) is 0 Å². The lowest BCUT2D eigenvalue weighted by molar-refractivity contribution is 0.101. The summed E-state index contributed by atoms with van der Waals surface area (Å²) in [5, 5.41) is 0. The minimum Gasteiger partial charge on any atom is -0.494 e. The molecule has 2 rings (SSSR count). The van der Waals surface area contributed by atoms with Crippen molar-refractivity contribution in [2.45, 2.75) is 66.2 Å². The number of ketones is 1. The number of carbonyl (C=O) groups is 1. The van der Waals surface area contributed by atoms with Crippen molar-refractivity contribution in [2.75, 3.05) is 6.61 Å². The van der Waals surface area contributed by atoms with Crippen molar-refractivity contribution in [1.29, 1.82) is 0 Å². The summed E-state index contributed by atoms with van der Waals surface area (Å²) in [4.78, 5) is 11.3. The van der Waals surface area contributed by atoms with E-state index < -0.39 is 0 Å². The van der Waals surface area contributed by atoms with Gasteiger partial charge in [-0.2, -0.15) is 0 Å². The van der Waals surface area contributed by atoms with Gasteiger partial charge in [0.05, 0.1) is 6.61 Å². The van der Waals surface area contributed by atoms with E-state index >= 15 is 0 Å². The number of hydrogen-bond acceptors (Lipinski definition) is 2. The van der Waals surface area contributed by atoms with E-state index in [0.29, 0.717) is 0 Å². The monoisotopic (exact) mass is 354 g/mol. The van der Waals surface area contributed by atoms with Crippen LogP contribution in [0.25, 0.3) is 11.1 Å². The molecule has 2 aromatic carbocycles. The quantitative estimate of drug-likeness (QED) is 0.330. The third-order valence-electron chi connectivity index (χ3n) is 4.25. The first-order chi connectivity index (χ1) is 12.7. The summed E-state index contributed by atoms with van der Waals surface area (Å²) in [7, 11) is 0. The Morgan fingerprint density at radius 1 is 0.769 bits per heavy atom. The molecule has 2 aromatic rings. The van der Waals surface area contributed by atoms with Crippen molar-refractivity contribution in [3.63, 3.8) is 0 Å². The van der Waals surface area contributed by atoms with E-state index in [1.807, 2.05) is 50.2 Å². The molecule has 2 nitrogen and oxygen atoms in total. The van der Waals surface area contributed by atoms with Gasteiger partial charge in [-0.3, -0.25) is 4.79 Å². The number of benzene rings is 2. The summed E-state index contributed by atoms with van der Waals surface area (Å²) >= 11 is 0. The number of ether oxygens (including phenoxy) is 1. The van der Waals surface area contributed by atoms with Crippen molar-refractivity contribution in [2.24, 2.45) is 0 Å². The topological polar surface area (TPSA) is 26.3 Å². The minimum atomic E-state index is 0.0972. The molecule has 0 aliphatic rings. The SMILES string of the molecule is CC.CCCCCCCCOc1ccc(-c2ccc(C(C)=O)cc2)cc1. The molecular formula is C24H34O2. The summed E-state index contributed by atoms with van der Waals surface area (Å²) in [6.07, 6.45) is 7.66. The molecule has 0 spiro atoms. The average molecular weight is 355 g/mol. The van der Waals surface area contributed by atoms with E-state index in [1.54, 1.807) is 6.92 Å². The maximum atomic E-state index is 11.3. The highest BCUT2D eigenvalue weighted by molar-refractivity contribution is 5.94. The van der Waals surface area contributed by atoms with Gasteiger partial charge in [-0.15, -0.1) is 0 Å². The van der Waals surface area contributed by atoms with Crippen molar-refractivity contribution in [3.8, 4) is 16.9 Å². The highest BCUT2D eigenvalue weighted by Crippen LogP contribution is 2.23. The first-order valence-corrected chi connectivity index (χ1v) is 10.0. The summed E-state index contributed by atoms with van der Waals surface area (Å²) < 4.78 is 5.81. The Balaban J connectivity index is 0.00000163. The smallest absolute Gasteiger partial charge is 0.159 e. The Bertz CT molecular complexity index is 612. The molecule has 0 aromatic heterocycles. The van der Waals surface area contributed by atoms with Gasteiger partial charge in [0.25, 0.3) is 0 Å². The molecule has 0 atom stereocenters. The van der Waals surface area contributed by atoms with E-state index in [1.165, 1.54) is 32.1 Å². The molecule has 0 fully saturated rings. The molecule has 142 valence electrons. The Kier molecular flexibility index (Phi) is 11.1. The van der Waals surface area contributed by atoms with Crippen LogP contribution in [-0.4, -0.2) is 12.4 Å². The van der Waals surface area contributed by atoms with Crippen molar-refractivity contribution in [3.05, 3.63) is 54.1 Å². The van der Waals surface area contributed by atoms with Crippen LogP contribution in [0.5, 0.6) is 5.75 Å². The van der Waals surface area contributed by atoms with Gasteiger partial charge < -0.3 is 4.74 Å². The lowest BCUT2D eigenvalue weighted by Gasteiger charge is -2.08. The third kappa shape index (κ3) is 7.86. The standard InChI is InChI=1S/C22H28O2.C2H6/c1-3-4-5-6-7-8-17-24-22-15-13-21(14-16-22)20-11-9-19(10-12-20)18(2)23;1-2/h9-16H,3-8,17H2,1-2H3;1-2H3. The number of Topliss-reactive ketones (excluding diaryl/α,β-unsaturated/α-hetero) is 1. The second-order valence-electron chi connectivity index (χ2n) is 6.27. The maximum Gasteiger partial charge on any atom is 0.159 e. The number of carbonyl (C=O) groups excluding carboxylic acids is 1. The van der Waals surface area contributed by atoms with Crippen LogP contribution in [-0.2, 0) is 0 Å². The van der Waals surface area contributed by atoms with Gasteiger partial charge in [0.2, 0.25) is 0 Å². The van der Waals surface area contributed by atoms with Crippen LogP contribution in [0.4, 0.5) is 0 Å². The highest BCUT2D eigenvalue weighted by Gasteiger charge is 2.02. The Morgan fingerprint density at radius 3 is 1.81 bits per heavy atom. The summed E-state index contributed by atoms with van der Waals surface area (Å²) in [6, 6.07) is 15.9. The molecule has 0 saturated carbocycles. The minimum absolute atomic E-state index is 0.0972. The predicted octanol–water partition coefficient (Wildman–Crippen LogP) is 7.32. The first-order valence-electron chi connectivity index (χ1n) is 10.0. The van der Waals surface area contributed by atoms with Gasteiger partial charge in [0, 0.05) is 5.56 Å². The molecule has 0 unspecified atom stereocenters. The van der Waals surface area contributed by atoms with Crippen molar-refractivity contribution < 1.29 is 9.53 Å². The lowest BCUT2D eigenvalue weighted by Crippen LogP contribution is -1.97. The third-order valence-corrected chi connectivity index (χ3v) is 4.25. The second kappa shape index (κ2) is 13.2. The van der Waals surface area contributed by atoms with E-state index in [-0.39, 0.29) is 5.78 Å². The fourth-order valence-electron chi connectivity index (χ4n) is 2.71.